The molecule has 2 aromatic heterocycles. The van der Waals surface area contributed by atoms with E-state index in [1.807, 2.05) is 91.0 Å². The molecular formula is C37H35FN4O4. The van der Waals surface area contributed by atoms with Crippen molar-refractivity contribution in [1.82, 2.24) is 20.1 Å². The van der Waals surface area contributed by atoms with Crippen LogP contribution in [0.2, 0.25) is 0 Å². The van der Waals surface area contributed by atoms with E-state index in [0.717, 1.165) is 33.3 Å². The molecule has 1 N–H and O–H groups in total. The van der Waals surface area contributed by atoms with Gasteiger partial charge in [-0.3, -0.25) is 10.00 Å². The minimum absolute atomic E-state index is 0.121. The molecule has 0 bridgehead atoms. The van der Waals surface area contributed by atoms with Gasteiger partial charge >= 0.3 is 6.09 Å². The number of pyridine rings is 1. The summed E-state index contributed by atoms with van der Waals surface area (Å²) in [5.41, 5.74) is 2.76. The monoisotopic (exact) mass is 618 g/mol. The highest BCUT2D eigenvalue weighted by molar-refractivity contribution is 5.83. The number of H-pyrrole nitrogens is 1. The van der Waals surface area contributed by atoms with Crippen LogP contribution in [0.15, 0.2) is 91.0 Å². The van der Waals surface area contributed by atoms with Crippen molar-refractivity contribution in [3.05, 3.63) is 119 Å². The predicted molar refractivity (Wildman–Crippen MR) is 173 cm³/mol. The lowest BCUT2D eigenvalue weighted by atomic mass is 9.97. The standard InChI is InChI=1S/C37H35FN4O4/c1-36(2,3)46-35(43)42-24-37(38,25-42)19-18-26-14-16-30-31(20-26)40-41-32(30)21-29-15-17-33(44-22-27-10-6-4-7-11-27)39-34(29)45-23-28-12-8-5-9-13-28/h4-17,20H,21-25H2,1-3H3,(H,40,41). The Morgan fingerprint density at radius 2 is 1.61 bits per heavy atom. The number of nitrogens with zero attached hydrogens (tertiary/aromatic N) is 3. The number of alkyl halides is 1. The van der Waals surface area contributed by atoms with Crippen molar-refractivity contribution >= 4 is 17.0 Å². The summed E-state index contributed by atoms with van der Waals surface area (Å²) < 4.78 is 32.6. The van der Waals surface area contributed by atoms with Crippen LogP contribution in [0.1, 0.15) is 48.7 Å². The molecule has 46 heavy (non-hydrogen) atoms. The highest BCUT2D eigenvalue weighted by Crippen LogP contribution is 2.29. The van der Waals surface area contributed by atoms with Crippen molar-refractivity contribution in [3.8, 4) is 23.6 Å². The quantitative estimate of drug-likeness (QED) is 0.188. The van der Waals surface area contributed by atoms with E-state index in [2.05, 4.69) is 22.0 Å². The summed E-state index contributed by atoms with van der Waals surface area (Å²) in [6.45, 7) is 5.84. The first-order valence-corrected chi connectivity index (χ1v) is 15.1. The molecule has 6 rings (SSSR count). The van der Waals surface area contributed by atoms with E-state index >= 15 is 4.39 Å². The minimum Gasteiger partial charge on any atom is -0.473 e. The zero-order chi connectivity index (χ0) is 32.1. The highest BCUT2D eigenvalue weighted by Gasteiger charge is 2.46. The Hall–Kier alpha value is -5.36. The lowest BCUT2D eigenvalue weighted by molar-refractivity contribution is -0.0271. The van der Waals surface area contributed by atoms with Gasteiger partial charge in [-0.25, -0.2) is 9.18 Å². The third-order valence-electron chi connectivity index (χ3n) is 7.33. The largest absolute Gasteiger partial charge is 0.473 e. The maximum Gasteiger partial charge on any atom is 0.410 e. The summed E-state index contributed by atoms with van der Waals surface area (Å²) in [6.07, 6.45) is -0.0676. The van der Waals surface area contributed by atoms with Gasteiger partial charge in [-0.15, -0.1) is 0 Å². The SMILES string of the molecule is CC(C)(C)OC(=O)N1CC(F)(C#Cc2ccc3c(Cc4ccc(OCc5ccccc5)nc4OCc4ccccc4)n[nH]c3c2)C1. The average Bonchev–Trinajstić information content (AvgIpc) is 3.43. The Bertz CT molecular complexity index is 1890. The van der Waals surface area contributed by atoms with E-state index < -0.39 is 17.4 Å². The first-order valence-electron chi connectivity index (χ1n) is 15.1. The lowest BCUT2D eigenvalue weighted by Crippen LogP contribution is -2.61. The van der Waals surface area contributed by atoms with E-state index in [1.165, 1.54) is 4.90 Å². The number of aromatic nitrogens is 3. The van der Waals surface area contributed by atoms with Gasteiger partial charge in [-0.2, -0.15) is 10.1 Å². The van der Waals surface area contributed by atoms with Gasteiger partial charge in [0.05, 0.1) is 24.3 Å². The van der Waals surface area contributed by atoms with Crippen molar-refractivity contribution in [1.29, 1.82) is 0 Å². The lowest BCUT2D eigenvalue weighted by Gasteiger charge is -2.41. The number of carbonyl (C=O) groups is 1. The number of hydrogen-bond donors (Lipinski definition) is 1. The van der Waals surface area contributed by atoms with Crippen molar-refractivity contribution in [2.24, 2.45) is 0 Å². The third kappa shape index (κ3) is 7.64. The summed E-state index contributed by atoms with van der Waals surface area (Å²) in [5, 5.41) is 8.56. The van der Waals surface area contributed by atoms with Gasteiger partial charge < -0.3 is 14.2 Å². The first kappa shape index (κ1) is 30.7. The third-order valence-corrected chi connectivity index (χ3v) is 7.33. The number of ether oxygens (including phenoxy) is 3. The van der Waals surface area contributed by atoms with Gasteiger partial charge in [-0.1, -0.05) is 72.5 Å². The fraction of sp³-hybridized carbons (Fsp3) is 0.270. The fourth-order valence-electron chi connectivity index (χ4n) is 5.00. The Labute approximate surface area is 267 Å². The number of aromatic amines is 1. The zero-order valence-electron chi connectivity index (χ0n) is 26.0. The Kier molecular flexibility index (Phi) is 8.62. The topological polar surface area (TPSA) is 89.6 Å². The van der Waals surface area contributed by atoms with E-state index in [1.54, 1.807) is 20.8 Å². The Morgan fingerprint density at radius 1 is 0.935 bits per heavy atom. The van der Waals surface area contributed by atoms with E-state index in [-0.39, 0.29) is 13.1 Å². The second-order valence-electron chi connectivity index (χ2n) is 12.3. The summed E-state index contributed by atoms with van der Waals surface area (Å²) in [5.74, 6) is 6.56. The fourth-order valence-corrected chi connectivity index (χ4v) is 5.00. The van der Waals surface area contributed by atoms with Gasteiger partial charge in [0, 0.05) is 29.0 Å². The predicted octanol–water partition coefficient (Wildman–Crippen LogP) is 7.02. The molecule has 234 valence electrons. The molecule has 3 heterocycles. The summed E-state index contributed by atoms with van der Waals surface area (Å²) >= 11 is 0. The molecular weight excluding hydrogens is 583 g/mol. The molecule has 1 fully saturated rings. The van der Waals surface area contributed by atoms with Crippen LogP contribution >= 0.6 is 0 Å². The van der Waals surface area contributed by atoms with Crippen molar-refractivity contribution < 1.29 is 23.4 Å². The molecule has 0 aliphatic carbocycles. The Balaban J connectivity index is 1.16. The second-order valence-corrected chi connectivity index (χ2v) is 12.3. The second kappa shape index (κ2) is 12.9. The van der Waals surface area contributed by atoms with E-state index in [4.69, 9.17) is 19.2 Å². The molecule has 0 unspecified atom stereocenters. The van der Waals surface area contributed by atoms with Gasteiger partial charge in [0.1, 0.15) is 18.8 Å². The van der Waals surface area contributed by atoms with Crippen molar-refractivity contribution in [2.75, 3.05) is 13.1 Å². The molecule has 1 aliphatic heterocycles. The van der Waals surface area contributed by atoms with Crippen LogP contribution in [0, 0.1) is 11.8 Å². The number of carbonyl (C=O) groups excluding carboxylic acids is 1. The summed E-state index contributed by atoms with van der Waals surface area (Å²) in [6, 6.07) is 29.2. The Morgan fingerprint density at radius 3 is 2.28 bits per heavy atom. The van der Waals surface area contributed by atoms with Gasteiger partial charge in [0.25, 0.3) is 0 Å². The number of fused-ring (bicyclic) bond motifs is 1. The van der Waals surface area contributed by atoms with Crippen LogP contribution in [0.25, 0.3) is 10.9 Å². The summed E-state index contributed by atoms with van der Waals surface area (Å²) in [4.78, 5) is 18.2. The van der Waals surface area contributed by atoms with Crippen LogP contribution < -0.4 is 9.47 Å². The molecule has 0 radical (unpaired) electrons. The van der Waals surface area contributed by atoms with Gasteiger partial charge in [-0.05, 0) is 56.2 Å². The molecule has 1 amide bonds. The van der Waals surface area contributed by atoms with E-state index in [0.29, 0.717) is 37.0 Å². The van der Waals surface area contributed by atoms with Crippen molar-refractivity contribution in [2.45, 2.75) is 51.7 Å². The average molecular weight is 619 g/mol. The molecule has 8 nitrogen and oxygen atoms in total. The first-order chi connectivity index (χ1) is 22.1. The van der Waals surface area contributed by atoms with Gasteiger partial charge in [0.15, 0.2) is 0 Å². The normalized spacial score (nSPS) is 13.8. The molecule has 0 atom stereocenters. The molecule has 5 aromatic rings. The number of likely N-dealkylation sites (tertiary alicyclic amines) is 1. The number of benzene rings is 3. The molecule has 9 heteroatoms. The molecule has 1 aliphatic rings. The van der Waals surface area contributed by atoms with Crippen molar-refractivity contribution in [3.63, 3.8) is 0 Å². The van der Waals surface area contributed by atoms with Crippen LogP contribution in [0.3, 0.4) is 0 Å². The van der Waals surface area contributed by atoms with Gasteiger partial charge in [0.2, 0.25) is 17.4 Å². The van der Waals surface area contributed by atoms with Crippen LogP contribution in [-0.2, 0) is 24.4 Å². The van der Waals surface area contributed by atoms with Crippen LogP contribution in [0.5, 0.6) is 11.8 Å². The molecule has 3 aromatic carbocycles. The molecule has 0 saturated carbocycles. The number of amides is 1. The van der Waals surface area contributed by atoms with Crippen LogP contribution in [-0.4, -0.2) is 50.5 Å². The minimum atomic E-state index is -1.77. The zero-order valence-corrected chi connectivity index (χ0v) is 26.0. The number of nitrogens with one attached hydrogen (secondary N) is 1. The number of rotatable bonds is 8. The highest BCUT2D eigenvalue weighted by atomic mass is 19.1. The number of halogens is 1. The molecule has 1 saturated heterocycles. The molecule has 0 spiro atoms. The van der Waals surface area contributed by atoms with Crippen LogP contribution in [0.4, 0.5) is 9.18 Å². The van der Waals surface area contributed by atoms with E-state index in [9.17, 15) is 4.79 Å². The maximum atomic E-state index is 15.1. The summed E-state index contributed by atoms with van der Waals surface area (Å²) in [7, 11) is 0. The maximum absolute atomic E-state index is 15.1. The smallest absolute Gasteiger partial charge is 0.410 e. The number of hydrogen-bond acceptors (Lipinski definition) is 6.